The Bertz CT molecular complexity index is 1670. The highest BCUT2D eigenvalue weighted by molar-refractivity contribution is 9.10. The van der Waals surface area contributed by atoms with Gasteiger partial charge in [-0.3, -0.25) is 19.1 Å². The van der Waals surface area contributed by atoms with Crippen molar-refractivity contribution in [2.45, 2.75) is 58.7 Å². The van der Waals surface area contributed by atoms with E-state index < -0.39 is 6.04 Å². The van der Waals surface area contributed by atoms with Gasteiger partial charge < -0.3 is 10.2 Å². The van der Waals surface area contributed by atoms with Gasteiger partial charge in [0.05, 0.1) is 5.52 Å². The number of benzene rings is 1. The van der Waals surface area contributed by atoms with Crippen molar-refractivity contribution in [2.24, 2.45) is 5.92 Å². The number of Topliss-reactive ketones (excluding diaryl/α,β-unsaturated/α-hetero) is 1. The molecular weight excluding hydrogens is 574 g/mol. The fourth-order valence-electron chi connectivity index (χ4n) is 6.00. The van der Waals surface area contributed by atoms with Crippen LogP contribution < -0.4 is 5.32 Å². The van der Waals surface area contributed by atoms with E-state index in [4.69, 9.17) is 0 Å². The van der Waals surface area contributed by atoms with Crippen molar-refractivity contribution >= 4 is 50.2 Å². The molecule has 2 amide bonds. The van der Waals surface area contributed by atoms with E-state index in [1.54, 1.807) is 22.0 Å². The van der Waals surface area contributed by atoms with Gasteiger partial charge in [-0.15, -0.1) is 0 Å². The van der Waals surface area contributed by atoms with Gasteiger partial charge in [0.25, 0.3) is 0 Å². The number of amides is 2. The molecule has 1 saturated heterocycles. The summed E-state index contributed by atoms with van der Waals surface area (Å²) in [6, 6.07) is 8.78. The molecule has 204 valence electrons. The van der Waals surface area contributed by atoms with Crippen LogP contribution in [-0.4, -0.2) is 59.3 Å². The monoisotopic (exact) mass is 601 g/mol. The Morgan fingerprint density at radius 1 is 1.05 bits per heavy atom. The van der Waals surface area contributed by atoms with Crippen LogP contribution in [0, 0.1) is 19.8 Å². The molecule has 2 unspecified atom stereocenters. The molecule has 10 nitrogen and oxygen atoms in total. The zero-order valence-electron chi connectivity index (χ0n) is 22.4. The standard InChI is InChI=1S/C29H28BrN7O3/c1-15-4-9-24(30)33-28(15)34-29(40)27-19-5-7-21(10-19)37(27)25(39)14-36-23-8-6-18(20-12-31-17(3)32-13-20)11-22(23)26(35-36)16(2)38/h4,6,8-9,11-13,19,21,27H,5,7,10,14H2,1-3H3,(H,33,34,40)/t19?,21?,27-/m0/s1. The number of aromatic nitrogens is 5. The summed E-state index contributed by atoms with van der Waals surface area (Å²) < 4.78 is 2.20. The Balaban J connectivity index is 1.29. The SMILES string of the molecule is CC(=O)c1nn(CC(=O)N2C3CCC(C3)[C@H]2C(=O)Nc2nc(Br)ccc2C)c2ccc(-c3cnc(C)nc3)cc12. The van der Waals surface area contributed by atoms with E-state index in [0.29, 0.717) is 32.8 Å². The number of carbonyl (C=O) groups excluding carboxylic acids is 3. The van der Waals surface area contributed by atoms with Crippen LogP contribution in [0.15, 0.2) is 47.3 Å². The highest BCUT2D eigenvalue weighted by atomic mass is 79.9. The Hall–Kier alpha value is -3.99. The summed E-state index contributed by atoms with van der Waals surface area (Å²) in [4.78, 5) is 54.5. The largest absolute Gasteiger partial charge is 0.326 e. The predicted octanol–water partition coefficient (Wildman–Crippen LogP) is 4.49. The van der Waals surface area contributed by atoms with Gasteiger partial charge in [0.2, 0.25) is 11.8 Å². The van der Waals surface area contributed by atoms with E-state index >= 15 is 0 Å². The number of piperidine rings is 1. The number of halogens is 1. The van der Waals surface area contributed by atoms with Gasteiger partial charge in [0.15, 0.2) is 5.78 Å². The van der Waals surface area contributed by atoms with Crippen molar-refractivity contribution in [3.8, 4) is 11.1 Å². The number of carbonyl (C=O) groups is 3. The first-order valence-corrected chi connectivity index (χ1v) is 14.0. The number of aryl methyl sites for hydroxylation is 2. The summed E-state index contributed by atoms with van der Waals surface area (Å²) in [6.07, 6.45) is 6.06. The third-order valence-corrected chi connectivity index (χ3v) is 8.37. The second kappa shape index (κ2) is 10.2. The Kier molecular flexibility index (Phi) is 6.69. The first-order chi connectivity index (χ1) is 19.2. The van der Waals surface area contributed by atoms with Gasteiger partial charge in [-0.1, -0.05) is 12.1 Å². The molecule has 0 radical (unpaired) electrons. The molecule has 40 heavy (non-hydrogen) atoms. The van der Waals surface area contributed by atoms with Crippen LogP contribution in [-0.2, 0) is 16.1 Å². The number of nitrogens with zero attached hydrogens (tertiary/aromatic N) is 6. The lowest BCUT2D eigenvalue weighted by Gasteiger charge is -2.34. The number of nitrogens with one attached hydrogen (secondary N) is 1. The van der Waals surface area contributed by atoms with E-state index in [9.17, 15) is 14.4 Å². The lowest BCUT2D eigenvalue weighted by atomic mass is 9.97. The highest BCUT2D eigenvalue weighted by Crippen LogP contribution is 2.43. The number of rotatable bonds is 6. The Morgan fingerprint density at radius 3 is 2.58 bits per heavy atom. The average Bonchev–Trinajstić information content (AvgIpc) is 3.64. The molecule has 6 rings (SSSR count). The Labute approximate surface area is 239 Å². The lowest BCUT2D eigenvalue weighted by Crippen LogP contribution is -2.52. The molecule has 3 atom stereocenters. The molecule has 1 aromatic carbocycles. The molecule has 1 aliphatic carbocycles. The van der Waals surface area contributed by atoms with Crippen LogP contribution in [0.3, 0.4) is 0 Å². The lowest BCUT2D eigenvalue weighted by molar-refractivity contribution is -0.141. The first-order valence-electron chi connectivity index (χ1n) is 13.3. The molecule has 0 spiro atoms. The third kappa shape index (κ3) is 4.68. The summed E-state index contributed by atoms with van der Waals surface area (Å²) in [6.45, 7) is 5.09. The molecule has 2 aliphatic rings. The van der Waals surface area contributed by atoms with E-state index in [1.807, 2.05) is 44.2 Å². The summed E-state index contributed by atoms with van der Waals surface area (Å²) in [7, 11) is 0. The Morgan fingerprint density at radius 2 is 1.82 bits per heavy atom. The number of fused-ring (bicyclic) bond motifs is 3. The number of anilines is 1. The van der Waals surface area contributed by atoms with E-state index in [2.05, 4.69) is 41.3 Å². The van der Waals surface area contributed by atoms with Gasteiger partial charge in [0.1, 0.15) is 34.5 Å². The fourth-order valence-corrected chi connectivity index (χ4v) is 6.31. The molecule has 11 heteroatoms. The zero-order valence-corrected chi connectivity index (χ0v) is 24.0. The van der Waals surface area contributed by atoms with Crippen LogP contribution in [0.2, 0.25) is 0 Å². The number of likely N-dealkylation sites (tertiary alicyclic amines) is 1. The first kappa shape index (κ1) is 26.2. The van der Waals surface area contributed by atoms with Crippen molar-refractivity contribution < 1.29 is 14.4 Å². The van der Waals surface area contributed by atoms with Crippen LogP contribution in [0.1, 0.15) is 48.1 Å². The highest BCUT2D eigenvalue weighted by Gasteiger charge is 2.51. The van der Waals surface area contributed by atoms with Crippen molar-refractivity contribution in [1.82, 2.24) is 29.6 Å². The normalized spacial score (nSPS) is 19.8. The van der Waals surface area contributed by atoms with Crippen molar-refractivity contribution in [2.75, 3.05) is 5.32 Å². The molecule has 2 fully saturated rings. The number of hydrogen-bond acceptors (Lipinski definition) is 7. The summed E-state index contributed by atoms with van der Waals surface area (Å²) in [5, 5.41) is 8.15. The second-order valence-electron chi connectivity index (χ2n) is 10.6. The van der Waals surface area contributed by atoms with Gasteiger partial charge >= 0.3 is 0 Å². The number of ketones is 1. The van der Waals surface area contributed by atoms with Gasteiger partial charge in [-0.2, -0.15) is 5.10 Å². The minimum absolute atomic E-state index is 0.00654. The summed E-state index contributed by atoms with van der Waals surface area (Å²) in [5.41, 5.74) is 3.49. The molecular formula is C29H28BrN7O3. The van der Waals surface area contributed by atoms with Crippen LogP contribution in [0.25, 0.3) is 22.0 Å². The fraction of sp³-hybridized carbons (Fsp3) is 0.345. The minimum atomic E-state index is -0.575. The third-order valence-electron chi connectivity index (χ3n) is 7.93. The molecule has 1 aliphatic heterocycles. The predicted molar refractivity (Wildman–Crippen MR) is 153 cm³/mol. The van der Waals surface area contributed by atoms with Gasteiger partial charge in [-0.05, 0) is 84.3 Å². The molecule has 3 aromatic heterocycles. The topological polar surface area (TPSA) is 123 Å². The van der Waals surface area contributed by atoms with E-state index in [0.717, 1.165) is 36.0 Å². The molecule has 4 aromatic rings. The molecule has 4 heterocycles. The van der Waals surface area contributed by atoms with Crippen LogP contribution in [0.4, 0.5) is 5.82 Å². The summed E-state index contributed by atoms with van der Waals surface area (Å²) in [5.74, 6) is 0.640. The molecule has 2 bridgehead atoms. The second-order valence-corrected chi connectivity index (χ2v) is 11.4. The zero-order chi connectivity index (χ0) is 28.1. The average molecular weight is 602 g/mol. The smallest absolute Gasteiger partial charge is 0.248 e. The van der Waals surface area contributed by atoms with Gasteiger partial charge in [-0.25, -0.2) is 15.0 Å². The van der Waals surface area contributed by atoms with E-state index in [1.165, 1.54) is 6.92 Å². The van der Waals surface area contributed by atoms with Crippen molar-refractivity contribution in [3.05, 3.63) is 64.4 Å². The molecule has 1 N–H and O–H groups in total. The summed E-state index contributed by atoms with van der Waals surface area (Å²) >= 11 is 3.36. The van der Waals surface area contributed by atoms with Crippen molar-refractivity contribution in [3.63, 3.8) is 0 Å². The number of hydrogen-bond donors (Lipinski definition) is 1. The molecule has 1 saturated carbocycles. The maximum absolute atomic E-state index is 13.8. The quantitative estimate of drug-likeness (QED) is 0.255. The van der Waals surface area contributed by atoms with Crippen LogP contribution in [0.5, 0.6) is 0 Å². The van der Waals surface area contributed by atoms with Crippen molar-refractivity contribution in [1.29, 1.82) is 0 Å². The number of pyridine rings is 1. The van der Waals surface area contributed by atoms with Crippen LogP contribution >= 0.6 is 15.9 Å². The van der Waals surface area contributed by atoms with E-state index in [-0.39, 0.29) is 36.1 Å². The maximum atomic E-state index is 13.8. The minimum Gasteiger partial charge on any atom is -0.326 e. The maximum Gasteiger partial charge on any atom is 0.248 e. The van der Waals surface area contributed by atoms with Gasteiger partial charge in [0, 0.05) is 36.3 Å².